The fourth-order valence-corrected chi connectivity index (χ4v) is 2.21. The van der Waals surface area contributed by atoms with Crippen molar-refractivity contribution in [1.29, 1.82) is 0 Å². The predicted octanol–water partition coefficient (Wildman–Crippen LogP) is 1.02. The maximum atomic E-state index is 5.66. The number of rotatable bonds is 4. The van der Waals surface area contributed by atoms with Crippen molar-refractivity contribution in [2.24, 2.45) is 11.7 Å². The molecule has 72 valence electrons. The van der Waals surface area contributed by atoms with Gasteiger partial charge in [0.05, 0.1) is 0 Å². The number of hydrogen-bond acceptors (Lipinski definition) is 3. The van der Waals surface area contributed by atoms with E-state index in [0.717, 1.165) is 12.5 Å². The van der Waals surface area contributed by atoms with E-state index in [1.807, 2.05) is 11.8 Å². The molecule has 0 amide bonds. The minimum absolute atomic E-state index is 0.764. The smallest absolute Gasteiger partial charge is 0.00724 e. The molecular formula is C9H20N2S. The van der Waals surface area contributed by atoms with Crippen molar-refractivity contribution in [2.75, 3.05) is 38.2 Å². The Hall–Kier alpha value is 0.270. The monoisotopic (exact) mass is 188 g/mol. The van der Waals surface area contributed by atoms with Gasteiger partial charge in [0, 0.05) is 18.8 Å². The lowest BCUT2D eigenvalue weighted by molar-refractivity contribution is 0.188. The molecule has 1 aliphatic heterocycles. The Morgan fingerprint density at radius 3 is 3.08 bits per heavy atom. The highest BCUT2D eigenvalue weighted by Gasteiger charge is 2.17. The largest absolute Gasteiger partial charge is 0.330 e. The van der Waals surface area contributed by atoms with Crippen LogP contribution in [0.25, 0.3) is 0 Å². The molecule has 1 rings (SSSR count). The Balaban J connectivity index is 2.16. The van der Waals surface area contributed by atoms with Gasteiger partial charge < -0.3 is 10.6 Å². The second kappa shape index (κ2) is 5.84. The normalized spacial score (nSPS) is 26.0. The van der Waals surface area contributed by atoms with Gasteiger partial charge in [-0.2, -0.15) is 11.8 Å². The Kier molecular flexibility index (Phi) is 5.04. The standard InChI is InChI=1S/C9H20N2S/c1-12-6-5-11-4-2-3-9(7-10)8-11/h9H,2-8,10H2,1H3. The molecule has 1 fully saturated rings. The van der Waals surface area contributed by atoms with Crippen LogP contribution in [0.5, 0.6) is 0 Å². The van der Waals surface area contributed by atoms with Gasteiger partial charge in [-0.1, -0.05) is 0 Å². The van der Waals surface area contributed by atoms with Gasteiger partial charge in [-0.15, -0.1) is 0 Å². The molecule has 1 aliphatic rings. The van der Waals surface area contributed by atoms with Crippen molar-refractivity contribution in [1.82, 2.24) is 4.90 Å². The number of nitrogens with zero attached hydrogens (tertiary/aromatic N) is 1. The van der Waals surface area contributed by atoms with Gasteiger partial charge in [-0.05, 0) is 38.1 Å². The summed E-state index contributed by atoms with van der Waals surface area (Å²) in [6.07, 6.45) is 4.85. The first-order valence-corrected chi connectivity index (χ1v) is 6.17. The molecule has 0 spiro atoms. The van der Waals surface area contributed by atoms with Gasteiger partial charge in [0.1, 0.15) is 0 Å². The molecule has 1 unspecified atom stereocenters. The fraction of sp³-hybridized carbons (Fsp3) is 1.00. The van der Waals surface area contributed by atoms with Crippen molar-refractivity contribution < 1.29 is 0 Å². The summed E-state index contributed by atoms with van der Waals surface area (Å²) in [5.41, 5.74) is 5.66. The van der Waals surface area contributed by atoms with E-state index >= 15 is 0 Å². The second-order valence-corrected chi connectivity index (χ2v) is 4.52. The third-order valence-corrected chi connectivity index (χ3v) is 3.14. The molecule has 0 bridgehead atoms. The second-order valence-electron chi connectivity index (χ2n) is 3.54. The quantitative estimate of drug-likeness (QED) is 0.714. The summed E-state index contributed by atoms with van der Waals surface area (Å²) in [6.45, 7) is 4.64. The van der Waals surface area contributed by atoms with Crippen molar-refractivity contribution in [3.63, 3.8) is 0 Å². The molecule has 3 heteroatoms. The first kappa shape index (κ1) is 10.4. The lowest BCUT2D eigenvalue weighted by Gasteiger charge is -2.31. The summed E-state index contributed by atoms with van der Waals surface area (Å²) >= 11 is 1.93. The first-order chi connectivity index (χ1) is 5.86. The van der Waals surface area contributed by atoms with Crippen LogP contribution >= 0.6 is 11.8 Å². The van der Waals surface area contributed by atoms with Crippen LogP contribution in [0, 0.1) is 5.92 Å². The van der Waals surface area contributed by atoms with E-state index in [2.05, 4.69) is 11.2 Å². The minimum Gasteiger partial charge on any atom is -0.330 e. The summed E-state index contributed by atoms with van der Waals surface area (Å²) in [5, 5.41) is 0. The van der Waals surface area contributed by atoms with E-state index in [4.69, 9.17) is 5.73 Å². The molecule has 2 N–H and O–H groups in total. The van der Waals surface area contributed by atoms with Crippen molar-refractivity contribution in [3.8, 4) is 0 Å². The lowest BCUT2D eigenvalue weighted by Crippen LogP contribution is -2.39. The Bertz CT molecular complexity index is 119. The van der Waals surface area contributed by atoms with E-state index in [9.17, 15) is 0 Å². The van der Waals surface area contributed by atoms with Crippen LogP contribution in [-0.2, 0) is 0 Å². The highest BCUT2D eigenvalue weighted by molar-refractivity contribution is 7.98. The zero-order valence-corrected chi connectivity index (χ0v) is 8.78. The molecule has 0 aliphatic carbocycles. The third-order valence-electron chi connectivity index (χ3n) is 2.55. The van der Waals surface area contributed by atoms with Crippen molar-refractivity contribution >= 4 is 11.8 Å². The summed E-state index contributed by atoms with van der Waals surface area (Å²) in [5.74, 6) is 2.03. The van der Waals surface area contributed by atoms with E-state index in [-0.39, 0.29) is 0 Å². The van der Waals surface area contributed by atoms with Gasteiger partial charge >= 0.3 is 0 Å². The molecule has 0 aromatic heterocycles. The molecule has 0 saturated carbocycles. The molecule has 2 nitrogen and oxygen atoms in total. The predicted molar refractivity (Wildman–Crippen MR) is 56.6 cm³/mol. The van der Waals surface area contributed by atoms with Crippen LogP contribution in [0.3, 0.4) is 0 Å². The van der Waals surface area contributed by atoms with Gasteiger partial charge in [-0.25, -0.2) is 0 Å². The molecule has 1 saturated heterocycles. The van der Waals surface area contributed by atoms with Crippen molar-refractivity contribution in [2.45, 2.75) is 12.8 Å². The van der Waals surface area contributed by atoms with Crippen LogP contribution in [0.15, 0.2) is 0 Å². The van der Waals surface area contributed by atoms with Gasteiger partial charge in [0.15, 0.2) is 0 Å². The lowest BCUT2D eigenvalue weighted by atomic mass is 9.98. The summed E-state index contributed by atoms with van der Waals surface area (Å²) in [4.78, 5) is 2.55. The van der Waals surface area contributed by atoms with Gasteiger partial charge in [-0.3, -0.25) is 0 Å². The van der Waals surface area contributed by atoms with Crippen LogP contribution in [0.2, 0.25) is 0 Å². The topological polar surface area (TPSA) is 29.3 Å². The number of hydrogen-bond donors (Lipinski definition) is 1. The molecule has 0 aromatic carbocycles. The van der Waals surface area contributed by atoms with E-state index < -0.39 is 0 Å². The van der Waals surface area contributed by atoms with Crippen LogP contribution in [0.1, 0.15) is 12.8 Å². The molecule has 12 heavy (non-hydrogen) atoms. The summed E-state index contributed by atoms with van der Waals surface area (Å²) in [7, 11) is 0. The average Bonchev–Trinajstić information content (AvgIpc) is 2.15. The molecule has 1 atom stereocenters. The summed E-state index contributed by atoms with van der Waals surface area (Å²) < 4.78 is 0. The third kappa shape index (κ3) is 3.33. The molecule has 0 radical (unpaired) electrons. The van der Waals surface area contributed by atoms with Crippen LogP contribution in [0.4, 0.5) is 0 Å². The zero-order chi connectivity index (χ0) is 8.81. The van der Waals surface area contributed by atoms with E-state index in [1.54, 1.807) is 0 Å². The SMILES string of the molecule is CSCCN1CCCC(CN)C1. The number of piperidine rings is 1. The Labute approximate surface area is 79.9 Å². The van der Waals surface area contributed by atoms with Crippen LogP contribution < -0.4 is 5.73 Å². The molecule has 1 heterocycles. The first-order valence-electron chi connectivity index (χ1n) is 4.78. The van der Waals surface area contributed by atoms with Crippen molar-refractivity contribution in [3.05, 3.63) is 0 Å². The van der Waals surface area contributed by atoms with Gasteiger partial charge in [0.25, 0.3) is 0 Å². The maximum absolute atomic E-state index is 5.66. The molecular weight excluding hydrogens is 168 g/mol. The number of thioether (sulfide) groups is 1. The van der Waals surface area contributed by atoms with Gasteiger partial charge in [0.2, 0.25) is 0 Å². The van der Waals surface area contributed by atoms with Crippen LogP contribution in [-0.4, -0.2) is 43.1 Å². The maximum Gasteiger partial charge on any atom is 0.00724 e. The zero-order valence-electron chi connectivity index (χ0n) is 7.96. The average molecular weight is 188 g/mol. The highest BCUT2D eigenvalue weighted by atomic mass is 32.2. The molecule has 0 aromatic rings. The minimum atomic E-state index is 0.764. The Morgan fingerprint density at radius 2 is 2.42 bits per heavy atom. The fourth-order valence-electron chi connectivity index (χ4n) is 1.77. The highest BCUT2D eigenvalue weighted by Crippen LogP contribution is 2.15. The number of nitrogens with two attached hydrogens (primary N) is 1. The Morgan fingerprint density at radius 1 is 1.58 bits per heavy atom. The summed E-state index contributed by atoms with van der Waals surface area (Å²) in [6, 6.07) is 0. The number of likely N-dealkylation sites (tertiary alicyclic amines) is 1. The van der Waals surface area contributed by atoms with E-state index in [1.165, 1.54) is 38.2 Å². The van der Waals surface area contributed by atoms with E-state index in [0.29, 0.717) is 0 Å².